The molecule has 0 saturated carbocycles. The third kappa shape index (κ3) is 4.22. The highest BCUT2D eigenvalue weighted by molar-refractivity contribution is 6.30. The number of hydrogen-bond acceptors (Lipinski definition) is 2. The second-order valence-corrected chi connectivity index (χ2v) is 5.53. The van der Waals surface area contributed by atoms with Crippen molar-refractivity contribution in [1.29, 1.82) is 0 Å². The molecule has 1 atom stereocenters. The Labute approximate surface area is 119 Å². The highest BCUT2D eigenvalue weighted by Crippen LogP contribution is 2.16. The fourth-order valence-electron chi connectivity index (χ4n) is 2.36. The van der Waals surface area contributed by atoms with Crippen molar-refractivity contribution in [2.75, 3.05) is 19.6 Å². The summed E-state index contributed by atoms with van der Waals surface area (Å²) < 4.78 is 0. The number of benzene rings is 1. The van der Waals surface area contributed by atoms with Crippen LogP contribution < -0.4 is 5.32 Å². The standard InChI is InChI=1S/C15H21ClN2O/c1-12(13-5-7-14(16)8-6-13)17-11-15(19)18-9-3-2-4-10-18/h5-8,12,17H,2-4,9-11H2,1H3. The van der Waals surface area contributed by atoms with Gasteiger partial charge in [-0.25, -0.2) is 0 Å². The zero-order valence-electron chi connectivity index (χ0n) is 11.4. The number of carbonyl (C=O) groups is 1. The van der Waals surface area contributed by atoms with Gasteiger partial charge in [-0.3, -0.25) is 4.79 Å². The van der Waals surface area contributed by atoms with E-state index in [4.69, 9.17) is 11.6 Å². The van der Waals surface area contributed by atoms with Crippen molar-refractivity contribution in [3.05, 3.63) is 34.9 Å². The molecule has 0 spiro atoms. The van der Waals surface area contributed by atoms with Gasteiger partial charge in [0.15, 0.2) is 0 Å². The van der Waals surface area contributed by atoms with Crippen LogP contribution in [0.2, 0.25) is 5.02 Å². The average molecular weight is 281 g/mol. The quantitative estimate of drug-likeness (QED) is 0.920. The van der Waals surface area contributed by atoms with Crippen LogP contribution in [0.3, 0.4) is 0 Å². The van der Waals surface area contributed by atoms with Crippen LogP contribution in [0.15, 0.2) is 24.3 Å². The molecule has 1 amide bonds. The number of hydrogen-bond donors (Lipinski definition) is 1. The lowest BCUT2D eigenvalue weighted by atomic mass is 10.1. The average Bonchev–Trinajstić information content (AvgIpc) is 2.46. The van der Waals surface area contributed by atoms with Crippen LogP contribution in [0, 0.1) is 0 Å². The van der Waals surface area contributed by atoms with E-state index >= 15 is 0 Å². The third-order valence-electron chi connectivity index (χ3n) is 3.64. The van der Waals surface area contributed by atoms with Gasteiger partial charge in [-0.2, -0.15) is 0 Å². The number of rotatable bonds is 4. The first-order valence-electron chi connectivity index (χ1n) is 6.93. The molecular weight excluding hydrogens is 260 g/mol. The Kier molecular flexibility index (Phi) is 5.23. The van der Waals surface area contributed by atoms with Crippen molar-refractivity contribution in [3.8, 4) is 0 Å². The van der Waals surface area contributed by atoms with Gasteiger partial charge in [0.25, 0.3) is 0 Å². The zero-order valence-corrected chi connectivity index (χ0v) is 12.1. The summed E-state index contributed by atoms with van der Waals surface area (Å²) in [5, 5.41) is 4.02. The van der Waals surface area contributed by atoms with Crippen LogP contribution in [0.5, 0.6) is 0 Å². The first kappa shape index (κ1) is 14.4. The summed E-state index contributed by atoms with van der Waals surface area (Å²) in [6, 6.07) is 7.89. The van der Waals surface area contributed by atoms with E-state index in [9.17, 15) is 4.79 Å². The molecule has 1 unspecified atom stereocenters. The van der Waals surface area contributed by atoms with Crippen molar-refractivity contribution in [1.82, 2.24) is 10.2 Å². The SMILES string of the molecule is CC(NCC(=O)N1CCCCC1)c1ccc(Cl)cc1. The second kappa shape index (κ2) is 6.92. The van der Waals surface area contributed by atoms with Gasteiger partial charge in [-0.15, -0.1) is 0 Å². The summed E-state index contributed by atoms with van der Waals surface area (Å²) in [6.45, 7) is 4.29. The van der Waals surface area contributed by atoms with E-state index < -0.39 is 0 Å². The molecule has 0 aliphatic carbocycles. The first-order valence-corrected chi connectivity index (χ1v) is 7.31. The van der Waals surface area contributed by atoms with E-state index in [0.29, 0.717) is 6.54 Å². The summed E-state index contributed by atoms with van der Waals surface area (Å²) in [6.07, 6.45) is 3.52. The summed E-state index contributed by atoms with van der Waals surface area (Å²) >= 11 is 5.86. The van der Waals surface area contributed by atoms with Crippen LogP contribution in [0.1, 0.15) is 37.8 Å². The predicted octanol–water partition coefficient (Wildman–Crippen LogP) is 3.00. The Bertz CT molecular complexity index is 413. The van der Waals surface area contributed by atoms with Gasteiger partial charge >= 0.3 is 0 Å². The molecule has 1 aliphatic rings. The minimum absolute atomic E-state index is 0.158. The van der Waals surface area contributed by atoms with E-state index in [1.54, 1.807) is 0 Å². The second-order valence-electron chi connectivity index (χ2n) is 5.10. The Morgan fingerprint density at radius 1 is 1.26 bits per heavy atom. The first-order chi connectivity index (χ1) is 9.16. The maximum absolute atomic E-state index is 12.0. The van der Waals surface area contributed by atoms with E-state index in [2.05, 4.69) is 12.2 Å². The smallest absolute Gasteiger partial charge is 0.236 e. The minimum atomic E-state index is 0.158. The fourth-order valence-corrected chi connectivity index (χ4v) is 2.49. The molecule has 1 fully saturated rings. The molecule has 4 heteroatoms. The van der Waals surface area contributed by atoms with Crippen LogP contribution >= 0.6 is 11.6 Å². The third-order valence-corrected chi connectivity index (χ3v) is 3.89. The molecule has 2 rings (SSSR count). The molecule has 1 N–H and O–H groups in total. The van der Waals surface area contributed by atoms with E-state index in [1.807, 2.05) is 29.2 Å². The number of piperidine rings is 1. The lowest BCUT2D eigenvalue weighted by molar-refractivity contribution is -0.131. The van der Waals surface area contributed by atoms with Crippen LogP contribution in [-0.4, -0.2) is 30.4 Å². The summed E-state index contributed by atoms with van der Waals surface area (Å²) in [7, 11) is 0. The van der Waals surface area contributed by atoms with Crippen LogP contribution in [0.4, 0.5) is 0 Å². The van der Waals surface area contributed by atoms with Crippen molar-refractivity contribution >= 4 is 17.5 Å². The van der Waals surface area contributed by atoms with Gasteiger partial charge in [0.05, 0.1) is 6.54 Å². The van der Waals surface area contributed by atoms with Crippen LogP contribution in [-0.2, 0) is 4.79 Å². The van der Waals surface area contributed by atoms with Crippen molar-refractivity contribution in [2.24, 2.45) is 0 Å². The molecule has 0 bridgehead atoms. The Morgan fingerprint density at radius 3 is 2.53 bits per heavy atom. The lowest BCUT2D eigenvalue weighted by Gasteiger charge is -2.27. The van der Waals surface area contributed by atoms with Gasteiger partial charge < -0.3 is 10.2 Å². The number of halogens is 1. The summed E-state index contributed by atoms with van der Waals surface area (Å²) in [5.74, 6) is 0.209. The number of nitrogens with one attached hydrogen (secondary N) is 1. The maximum Gasteiger partial charge on any atom is 0.236 e. The predicted molar refractivity (Wildman–Crippen MR) is 78.3 cm³/mol. The minimum Gasteiger partial charge on any atom is -0.342 e. The zero-order chi connectivity index (χ0) is 13.7. The molecule has 0 radical (unpaired) electrons. The Morgan fingerprint density at radius 2 is 1.89 bits per heavy atom. The van der Waals surface area contributed by atoms with E-state index in [-0.39, 0.29) is 11.9 Å². The topological polar surface area (TPSA) is 32.3 Å². The molecular formula is C15H21ClN2O. The highest BCUT2D eigenvalue weighted by atomic mass is 35.5. The van der Waals surface area contributed by atoms with Gasteiger partial charge in [0.1, 0.15) is 0 Å². The van der Waals surface area contributed by atoms with Crippen molar-refractivity contribution in [3.63, 3.8) is 0 Å². The number of likely N-dealkylation sites (tertiary alicyclic amines) is 1. The molecule has 3 nitrogen and oxygen atoms in total. The normalized spacial score (nSPS) is 17.3. The fraction of sp³-hybridized carbons (Fsp3) is 0.533. The summed E-state index contributed by atoms with van der Waals surface area (Å²) in [5.41, 5.74) is 1.15. The number of carbonyl (C=O) groups excluding carboxylic acids is 1. The van der Waals surface area contributed by atoms with Crippen molar-refractivity contribution in [2.45, 2.75) is 32.2 Å². The summed E-state index contributed by atoms with van der Waals surface area (Å²) in [4.78, 5) is 14.0. The molecule has 1 heterocycles. The van der Waals surface area contributed by atoms with Gasteiger partial charge in [-0.1, -0.05) is 23.7 Å². The van der Waals surface area contributed by atoms with Crippen LogP contribution in [0.25, 0.3) is 0 Å². The molecule has 104 valence electrons. The molecule has 1 aromatic carbocycles. The maximum atomic E-state index is 12.0. The monoisotopic (exact) mass is 280 g/mol. The highest BCUT2D eigenvalue weighted by Gasteiger charge is 2.16. The number of amides is 1. The van der Waals surface area contributed by atoms with E-state index in [1.165, 1.54) is 6.42 Å². The largest absolute Gasteiger partial charge is 0.342 e. The van der Waals surface area contributed by atoms with Crippen molar-refractivity contribution < 1.29 is 4.79 Å². The molecule has 19 heavy (non-hydrogen) atoms. The molecule has 1 saturated heterocycles. The molecule has 1 aromatic rings. The number of nitrogens with zero attached hydrogens (tertiary/aromatic N) is 1. The molecule has 1 aliphatic heterocycles. The van der Waals surface area contributed by atoms with E-state index in [0.717, 1.165) is 36.5 Å². The lowest BCUT2D eigenvalue weighted by Crippen LogP contribution is -2.41. The Hall–Kier alpha value is -1.06. The van der Waals surface area contributed by atoms with Gasteiger partial charge in [-0.05, 0) is 43.9 Å². The molecule has 0 aromatic heterocycles. The van der Waals surface area contributed by atoms with Gasteiger partial charge in [0.2, 0.25) is 5.91 Å². The van der Waals surface area contributed by atoms with Gasteiger partial charge in [0, 0.05) is 24.2 Å². The Balaban J connectivity index is 1.80.